The predicted octanol–water partition coefficient (Wildman–Crippen LogP) is 2.95. The van der Waals surface area contributed by atoms with Crippen molar-refractivity contribution in [2.24, 2.45) is 11.7 Å². The Balaban J connectivity index is 1.86. The van der Waals surface area contributed by atoms with Gasteiger partial charge in [-0.15, -0.1) is 0 Å². The Labute approximate surface area is 135 Å². The van der Waals surface area contributed by atoms with Gasteiger partial charge in [0.25, 0.3) is 0 Å². The van der Waals surface area contributed by atoms with Crippen molar-refractivity contribution in [1.82, 2.24) is 0 Å². The first-order chi connectivity index (χ1) is 10.7. The van der Waals surface area contributed by atoms with Gasteiger partial charge in [-0.2, -0.15) is 0 Å². The Hall–Kier alpha value is -2.08. The van der Waals surface area contributed by atoms with E-state index in [1.54, 1.807) is 45.0 Å². The molecule has 1 aromatic rings. The summed E-state index contributed by atoms with van der Waals surface area (Å²) >= 11 is 0. The van der Waals surface area contributed by atoms with Crippen LogP contribution >= 0.6 is 0 Å². The molecule has 0 radical (unpaired) electrons. The van der Waals surface area contributed by atoms with E-state index in [4.69, 9.17) is 15.2 Å². The average molecular weight is 321 g/mol. The highest BCUT2D eigenvalue weighted by Gasteiger charge is 2.25. The lowest BCUT2D eigenvalue weighted by atomic mass is 10.1. The minimum atomic E-state index is -1.06. The number of carbonyl (C=O) groups is 2. The Morgan fingerprint density at radius 3 is 2.35 bits per heavy atom. The molecule has 1 saturated carbocycles. The standard InChI is InChI=1S/C17H23NO5/c1-17(2,3)23-16(20)22-15(19)14(18)12-6-8-13(9-7-12)21-10-11-4-5-11/h6-9,11,14H,4-5,10,18H2,1-3H3. The van der Waals surface area contributed by atoms with E-state index in [1.165, 1.54) is 12.8 Å². The first kappa shape index (κ1) is 17.3. The number of benzene rings is 1. The van der Waals surface area contributed by atoms with Crippen molar-refractivity contribution in [3.8, 4) is 5.75 Å². The maximum atomic E-state index is 11.9. The molecule has 0 bridgehead atoms. The lowest BCUT2D eigenvalue weighted by Gasteiger charge is -2.19. The van der Waals surface area contributed by atoms with Crippen molar-refractivity contribution in [3.05, 3.63) is 29.8 Å². The van der Waals surface area contributed by atoms with Crippen LogP contribution in [0, 0.1) is 5.92 Å². The molecule has 1 aliphatic carbocycles. The molecule has 1 fully saturated rings. The Morgan fingerprint density at radius 2 is 1.83 bits per heavy atom. The van der Waals surface area contributed by atoms with E-state index in [0.717, 1.165) is 5.75 Å². The largest absolute Gasteiger partial charge is 0.516 e. The van der Waals surface area contributed by atoms with E-state index in [2.05, 4.69) is 4.74 Å². The molecule has 0 saturated heterocycles. The van der Waals surface area contributed by atoms with Crippen LogP contribution in [0.3, 0.4) is 0 Å². The molecule has 126 valence electrons. The van der Waals surface area contributed by atoms with E-state index in [-0.39, 0.29) is 0 Å². The van der Waals surface area contributed by atoms with Gasteiger partial charge in [-0.1, -0.05) is 12.1 Å². The van der Waals surface area contributed by atoms with Crippen LogP contribution in [0.15, 0.2) is 24.3 Å². The fourth-order valence-corrected chi connectivity index (χ4v) is 1.82. The van der Waals surface area contributed by atoms with Gasteiger partial charge in [-0.25, -0.2) is 9.59 Å². The van der Waals surface area contributed by atoms with Crippen molar-refractivity contribution < 1.29 is 23.8 Å². The maximum Gasteiger partial charge on any atom is 0.516 e. The summed E-state index contributed by atoms with van der Waals surface area (Å²) in [5, 5.41) is 0. The zero-order valence-corrected chi connectivity index (χ0v) is 13.7. The molecule has 23 heavy (non-hydrogen) atoms. The van der Waals surface area contributed by atoms with Gasteiger partial charge >= 0.3 is 12.1 Å². The average Bonchev–Trinajstić information content (AvgIpc) is 3.27. The van der Waals surface area contributed by atoms with Gasteiger partial charge in [-0.05, 0) is 57.2 Å². The molecule has 0 aromatic heterocycles. The third-order valence-electron chi connectivity index (χ3n) is 3.25. The third kappa shape index (κ3) is 5.90. The molecule has 1 aliphatic rings. The number of carbonyl (C=O) groups excluding carboxylic acids is 2. The molecule has 2 N–H and O–H groups in total. The van der Waals surface area contributed by atoms with E-state index in [9.17, 15) is 9.59 Å². The summed E-state index contributed by atoms with van der Waals surface area (Å²) in [5.41, 5.74) is 5.61. The van der Waals surface area contributed by atoms with Gasteiger partial charge in [0, 0.05) is 0 Å². The van der Waals surface area contributed by atoms with E-state index < -0.39 is 23.8 Å². The van der Waals surface area contributed by atoms with Crippen LogP contribution in [0.25, 0.3) is 0 Å². The van der Waals surface area contributed by atoms with Crippen LogP contribution in [-0.4, -0.2) is 24.3 Å². The highest BCUT2D eigenvalue weighted by molar-refractivity contribution is 5.86. The quantitative estimate of drug-likeness (QED) is 0.662. The summed E-state index contributed by atoms with van der Waals surface area (Å²) in [6.45, 7) is 5.75. The van der Waals surface area contributed by atoms with Crippen molar-refractivity contribution in [2.45, 2.75) is 45.3 Å². The fraction of sp³-hybridized carbons (Fsp3) is 0.529. The second-order valence-electron chi connectivity index (χ2n) is 6.69. The molecule has 0 heterocycles. The van der Waals surface area contributed by atoms with Crippen molar-refractivity contribution >= 4 is 12.1 Å². The Bertz CT molecular complexity index is 557. The second-order valence-corrected chi connectivity index (χ2v) is 6.69. The fourth-order valence-electron chi connectivity index (χ4n) is 1.82. The third-order valence-corrected chi connectivity index (χ3v) is 3.25. The SMILES string of the molecule is CC(C)(C)OC(=O)OC(=O)C(N)c1ccc(OCC2CC2)cc1. The number of hydrogen-bond acceptors (Lipinski definition) is 6. The highest BCUT2D eigenvalue weighted by atomic mass is 16.7. The van der Waals surface area contributed by atoms with Crippen LogP contribution < -0.4 is 10.5 Å². The number of nitrogens with two attached hydrogens (primary N) is 1. The Kier molecular flexibility index (Phi) is 5.26. The number of rotatable bonds is 5. The summed E-state index contributed by atoms with van der Waals surface area (Å²) in [6.07, 6.45) is 1.39. The topological polar surface area (TPSA) is 87.9 Å². The summed E-state index contributed by atoms with van der Waals surface area (Å²) in [7, 11) is 0. The number of esters is 1. The first-order valence-electron chi connectivity index (χ1n) is 7.67. The van der Waals surface area contributed by atoms with Crippen LogP contribution in [0.5, 0.6) is 5.75 Å². The van der Waals surface area contributed by atoms with Crippen LogP contribution in [0.4, 0.5) is 4.79 Å². The molecule has 1 atom stereocenters. The molecule has 6 heteroatoms. The van der Waals surface area contributed by atoms with Gasteiger partial charge < -0.3 is 19.9 Å². The smallest absolute Gasteiger partial charge is 0.493 e. The van der Waals surface area contributed by atoms with Crippen molar-refractivity contribution in [2.75, 3.05) is 6.61 Å². The molecule has 0 amide bonds. The number of ether oxygens (including phenoxy) is 3. The zero-order chi connectivity index (χ0) is 17.0. The lowest BCUT2D eigenvalue weighted by Crippen LogP contribution is -2.30. The zero-order valence-electron chi connectivity index (χ0n) is 13.7. The van der Waals surface area contributed by atoms with Crippen molar-refractivity contribution in [3.63, 3.8) is 0 Å². The minimum Gasteiger partial charge on any atom is -0.493 e. The van der Waals surface area contributed by atoms with Gasteiger partial charge in [0.2, 0.25) is 0 Å². The lowest BCUT2D eigenvalue weighted by molar-refractivity contribution is -0.143. The van der Waals surface area contributed by atoms with Crippen LogP contribution in [0.2, 0.25) is 0 Å². The first-order valence-corrected chi connectivity index (χ1v) is 7.67. The van der Waals surface area contributed by atoms with E-state index >= 15 is 0 Å². The van der Waals surface area contributed by atoms with E-state index in [1.807, 2.05) is 0 Å². The summed E-state index contributed by atoms with van der Waals surface area (Å²) in [4.78, 5) is 23.3. The molecule has 0 aliphatic heterocycles. The monoisotopic (exact) mass is 321 g/mol. The van der Waals surface area contributed by atoms with Crippen molar-refractivity contribution in [1.29, 1.82) is 0 Å². The molecule has 0 spiro atoms. The van der Waals surface area contributed by atoms with Crippen LogP contribution in [-0.2, 0) is 14.3 Å². The molecule has 6 nitrogen and oxygen atoms in total. The Morgan fingerprint density at radius 1 is 1.22 bits per heavy atom. The highest BCUT2D eigenvalue weighted by Crippen LogP contribution is 2.29. The predicted molar refractivity (Wildman–Crippen MR) is 83.9 cm³/mol. The van der Waals surface area contributed by atoms with Gasteiger partial charge in [-0.3, -0.25) is 0 Å². The summed E-state index contributed by atoms with van der Waals surface area (Å²) in [6, 6.07) is 5.81. The number of hydrogen-bond donors (Lipinski definition) is 1. The van der Waals surface area contributed by atoms with E-state index in [0.29, 0.717) is 18.1 Å². The molecular formula is C17H23NO5. The summed E-state index contributed by atoms with van der Waals surface area (Å²) < 4.78 is 15.1. The second kappa shape index (κ2) is 7.00. The van der Waals surface area contributed by atoms with Gasteiger partial charge in [0.15, 0.2) is 0 Å². The molecular weight excluding hydrogens is 298 g/mol. The normalized spacial score (nSPS) is 15.7. The molecule has 2 rings (SSSR count). The van der Waals surface area contributed by atoms with Crippen LogP contribution in [0.1, 0.15) is 45.2 Å². The summed E-state index contributed by atoms with van der Waals surface area (Å²) in [5.74, 6) is 0.542. The minimum absolute atomic E-state index is 0.539. The maximum absolute atomic E-state index is 11.9. The molecule has 1 aromatic carbocycles. The molecule has 1 unspecified atom stereocenters. The van der Waals surface area contributed by atoms with Gasteiger partial charge in [0.1, 0.15) is 17.4 Å². The van der Waals surface area contributed by atoms with Gasteiger partial charge in [0.05, 0.1) is 6.61 Å².